The first-order valence-electron chi connectivity index (χ1n) is 8.53. The molecule has 0 amide bonds. The van der Waals surface area contributed by atoms with Gasteiger partial charge in [-0.2, -0.15) is 0 Å². The lowest BCUT2D eigenvalue weighted by molar-refractivity contribution is 0.636. The molecule has 0 saturated heterocycles. The maximum absolute atomic E-state index is 14.7. The molecule has 0 aliphatic rings. The zero-order chi connectivity index (χ0) is 16.9. The Morgan fingerprint density at radius 3 is 2.29 bits per heavy atom. The predicted octanol–water partition coefficient (Wildman–Crippen LogP) is 5.89. The second kappa shape index (κ2) is 7.32. The van der Waals surface area contributed by atoms with Crippen LogP contribution in [0.3, 0.4) is 0 Å². The molecule has 3 aromatic rings. The molecule has 120 valence electrons. The van der Waals surface area contributed by atoms with Crippen molar-refractivity contribution in [3.8, 4) is 11.8 Å². The van der Waals surface area contributed by atoms with Crippen LogP contribution in [0.15, 0.2) is 54.6 Å². The molecule has 0 heterocycles. The first kappa shape index (κ1) is 16.3. The van der Waals surface area contributed by atoms with Crippen LogP contribution >= 0.6 is 0 Å². The highest BCUT2D eigenvalue weighted by Gasteiger charge is 2.06. The third kappa shape index (κ3) is 3.49. The van der Waals surface area contributed by atoms with Crippen LogP contribution < -0.4 is 0 Å². The summed E-state index contributed by atoms with van der Waals surface area (Å²) in [5.74, 6) is 5.80. The molecule has 0 saturated carbocycles. The van der Waals surface area contributed by atoms with Crippen LogP contribution in [0, 0.1) is 17.7 Å². The fourth-order valence-corrected chi connectivity index (χ4v) is 2.85. The number of rotatable bonds is 3. The van der Waals surface area contributed by atoms with Crippen LogP contribution in [0.4, 0.5) is 4.39 Å². The Balaban J connectivity index is 1.94. The maximum Gasteiger partial charge on any atom is 0.146 e. The van der Waals surface area contributed by atoms with Gasteiger partial charge >= 0.3 is 0 Å². The molecule has 0 aromatic heterocycles. The monoisotopic (exact) mass is 316 g/mol. The molecule has 0 nitrogen and oxygen atoms in total. The highest BCUT2D eigenvalue weighted by molar-refractivity contribution is 5.85. The summed E-state index contributed by atoms with van der Waals surface area (Å²) < 4.78 is 14.7. The number of hydrogen-bond donors (Lipinski definition) is 0. The average Bonchev–Trinajstić information content (AvgIpc) is 2.62. The minimum atomic E-state index is -0.228. The van der Waals surface area contributed by atoms with Crippen molar-refractivity contribution in [3.05, 3.63) is 82.7 Å². The van der Waals surface area contributed by atoms with E-state index in [4.69, 9.17) is 0 Å². The Labute approximate surface area is 143 Å². The molecule has 0 atom stereocenters. The summed E-state index contributed by atoms with van der Waals surface area (Å²) in [4.78, 5) is 0. The first-order chi connectivity index (χ1) is 11.7. The van der Waals surface area contributed by atoms with Gasteiger partial charge in [-0.3, -0.25) is 0 Å². The summed E-state index contributed by atoms with van der Waals surface area (Å²) in [7, 11) is 0. The molecule has 3 aromatic carbocycles. The molecular weight excluding hydrogens is 295 g/mol. The van der Waals surface area contributed by atoms with Gasteiger partial charge < -0.3 is 0 Å². The van der Waals surface area contributed by atoms with Gasteiger partial charge in [0.2, 0.25) is 0 Å². The van der Waals surface area contributed by atoms with E-state index in [1.54, 1.807) is 6.07 Å². The van der Waals surface area contributed by atoms with Crippen molar-refractivity contribution in [2.75, 3.05) is 0 Å². The summed E-state index contributed by atoms with van der Waals surface area (Å²) in [6.45, 7) is 4.27. The fraction of sp³-hybridized carbons (Fsp3) is 0.217. The second-order valence-corrected chi connectivity index (χ2v) is 6.03. The lowest BCUT2D eigenvalue weighted by Gasteiger charge is -2.05. The van der Waals surface area contributed by atoms with Gasteiger partial charge in [0.25, 0.3) is 0 Å². The lowest BCUT2D eigenvalue weighted by Crippen LogP contribution is -1.89. The largest absolute Gasteiger partial charge is 0.205 e. The summed E-state index contributed by atoms with van der Waals surface area (Å²) >= 11 is 0. The normalized spacial score (nSPS) is 10.5. The van der Waals surface area contributed by atoms with E-state index in [9.17, 15) is 4.39 Å². The number of fused-ring (bicyclic) bond motifs is 1. The Morgan fingerprint density at radius 1 is 0.833 bits per heavy atom. The standard InChI is InChI=1S/C23H21F/c1-3-5-19-11-15-22-21(16-19)14-13-20(23(22)24)12-10-18-8-6-17(4-2)7-9-18/h6-9,11,13-16H,3-5H2,1-2H3. The zero-order valence-electron chi connectivity index (χ0n) is 14.2. The van der Waals surface area contributed by atoms with Gasteiger partial charge in [0.15, 0.2) is 0 Å². The van der Waals surface area contributed by atoms with Crippen molar-refractivity contribution in [1.29, 1.82) is 0 Å². The molecule has 3 rings (SSSR count). The number of hydrogen-bond acceptors (Lipinski definition) is 0. The molecule has 0 unspecified atom stereocenters. The Hall–Kier alpha value is -2.59. The van der Waals surface area contributed by atoms with Crippen molar-refractivity contribution < 1.29 is 4.39 Å². The Bertz CT molecular complexity index is 908. The second-order valence-electron chi connectivity index (χ2n) is 6.03. The van der Waals surface area contributed by atoms with Crippen LogP contribution in [-0.2, 0) is 12.8 Å². The SMILES string of the molecule is CCCc1ccc2c(F)c(C#Cc3ccc(CC)cc3)ccc2c1. The predicted molar refractivity (Wildman–Crippen MR) is 99.7 cm³/mol. The quantitative estimate of drug-likeness (QED) is 0.528. The molecule has 0 aliphatic carbocycles. The summed E-state index contributed by atoms with van der Waals surface area (Å²) in [6.07, 6.45) is 3.12. The van der Waals surface area contributed by atoms with E-state index >= 15 is 0 Å². The van der Waals surface area contributed by atoms with Gasteiger partial charge in [-0.25, -0.2) is 4.39 Å². The smallest absolute Gasteiger partial charge is 0.146 e. The average molecular weight is 316 g/mol. The minimum Gasteiger partial charge on any atom is -0.205 e. The van der Waals surface area contributed by atoms with Gasteiger partial charge in [-0.05, 0) is 47.6 Å². The van der Waals surface area contributed by atoms with Gasteiger partial charge in [-0.1, -0.05) is 68.5 Å². The van der Waals surface area contributed by atoms with Crippen LogP contribution in [0.2, 0.25) is 0 Å². The molecule has 0 N–H and O–H groups in total. The Morgan fingerprint density at radius 2 is 1.58 bits per heavy atom. The van der Waals surface area contributed by atoms with E-state index < -0.39 is 0 Å². The van der Waals surface area contributed by atoms with E-state index in [-0.39, 0.29) is 5.82 Å². The third-order valence-corrected chi connectivity index (χ3v) is 4.26. The van der Waals surface area contributed by atoms with Crippen LogP contribution in [0.25, 0.3) is 10.8 Å². The van der Waals surface area contributed by atoms with E-state index in [1.807, 2.05) is 30.3 Å². The number of halogens is 1. The van der Waals surface area contributed by atoms with Crippen molar-refractivity contribution in [1.82, 2.24) is 0 Å². The molecule has 0 radical (unpaired) electrons. The van der Waals surface area contributed by atoms with Crippen LogP contribution in [-0.4, -0.2) is 0 Å². The fourth-order valence-electron chi connectivity index (χ4n) is 2.85. The summed E-state index contributed by atoms with van der Waals surface area (Å²) in [5.41, 5.74) is 3.88. The number of benzene rings is 3. The lowest BCUT2D eigenvalue weighted by atomic mass is 10.0. The summed E-state index contributed by atoms with van der Waals surface area (Å²) in [5, 5.41) is 1.58. The molecule has 0 aliphatic heterocycles. The highest BCUT2D eigenvalue weighted by Crippen LogP contribution is 2.22. The van der Waals surface area contributed by atoms with Crippen molar-refractivity contribution in [3.63, 3.8) is 0 Å². The maximum atomic E-state index is 14.7. The molecule has 24 heavy (non-hydrogen) atoms. The Kier molecular flexibility index (Phi) is 4.96. The molecular formula is C23H21F. The van der Waals surface area contributed by atoms with Crippen LogP contribution in [0.5, 0.6) is 0 Å². The first-order valence-corrected chi connectivity index (χ1v) is 8.53. The minimum absolute atomic E-state index is 0.228. The molecule has 0 fully saturated rings. The van der Waals surface area contributed by atoms with Gasteiger partial charge in [-0.15, -0.1) is 0 Å². The van der Waals surface area contributed by atoms with E-state index in [2.05, 4.69) is 43.9 Å². The van der Waals surface area contributed by atoms with Crippen molar-refractivity contribution in [2.24, 2.45) is 0 Å². The van der Waals surface area contributed by atoms with Gasteiger partial charge in [0.1, 0.15) is 5.82 Å². The van der Waals surface area contributed by atoms with Gasteiger partial charge in [0.05, 0.1) is 5.56 Å². The zero-order valence-corrected chi connectivity index (χ0v) is 14.2. The molecule has 0 spiro atoms. The molecule has 0 bridgehead atoms. The van der Waals surface area contributed by atoms with E-state index in [0.29, 0.717) is 10.9 Å². The topological polar surface area (TPSA) is 0 Å². The van der Waals surface area contributed by atoms with Crippen molar-refractivity contribution in [2.45, 2.75) is 33.1 Å². The van der Waals surface area contributed by atoms with Gasteiger partial charge in [0, 0.05) is 10.9 Å². The number of aryl methyl sites for hydroxylation is 2. The van der Waals surface area contributed by atoms with E-state index in [1.165, 1.54) is 11.1 Å². The third-order valence-electron chi connectivity index (χ3n) is 4.26. The highest BCUT2D eigenvalue weighted by atomic mass is 19.1. The van der Waals surface area contributed by atoms with E-state index in [0.717, 1.165) is 30.2 Å². The van der Waals surface area contributed by atoms with Crippen LogP contribution in [0.1, 0.15) is 42.5 Å². The molecule has 1 heteroatoms. The summed E-state index contributed by atoms with van der Waals surface area (Å²) in [6, 6.07) is 17.8. The van der Waals surface area contributed by atoms with Crippen molar-refractivity contribution >= 4 is 10.8 Å².